The van der Waals surface area contributed by atoms with E-state index >= 15 is 0 Å². The Bertz CT molecular complexity index is 991. The number of urea groups is 1. The highest BCUT2D eigenvalue weighted by Gasteiger charge is 2.48. The highest BCUT2D eigenvalue weighted by atomic mass is 32.2. The van der Waals surface area contributed by atoms with E-state index in [0.717, 1.165) is 10.5 Å². The maximum atomic E-state index is 13.0. The number of nitrogens with zero attached hydrogens (tertiary/aromatic N) is 3. The Morgan fingerprint density at radius 1 is 1.12 bits per heavy atom. The van der Waals surface area contributed by atoms with Gasteiger partial charge in [-0.05, 0) is 31.7 Å². The number of sulfone groups is 1. The lowest BCUT2D eigenvalue weighted by atomic mass is 9.93. The Balaban J connectivity index is 1.29. The van der Waals surface area contributed by atoms with E-state index in [4.69, 9.17) is 0 Å². The van der Waals surface area contributed by atoms with Gasteiger partial charge < -0.3 is 10.2 Å². The predicted octanol–water partition coefficient (Wildman–Crippen LogP) is 0.261. The molecule has 32 heavy (non-hydrogen) atoms. The zero-order chi connectivity index (χ0) is 22.9. The van der Waals surface area contributed by atoms with Gasteiger partial charge in [0.15, 0.2) is 9.84 Å². The molecule has 3 saturated heterocycles. The van der Waals surface area contributed by atoms with Crippen LogP contribution in [0.2, 0.25) is 0 Å². The Hall–Kier alpha value is -2.46. The number of rotatable bonds is 6. The van der Waals surface area contributed by atoms with Gasteiger partial charge in [0, 0.05) is 32.2 Å². The summed E-state index contributed by atoms with van der Waals surface area (Å²) in [5, 5.41) is 2.76. The van der Waals surface area contributed by atoms with Crippen molar-refractivity contribution >= 4 is 27.7 Å². The first-order valence-electron chi connectivity index (χ1n) is 11.1. The molecule has 0 bridgehead atoms. The minimum absolute atomic E-state index is 0.0218. The van der Waals surface area contributed by atoms with E-state index in [9.17, 15) is 22.8 Å². The highest BCUT2D eigenvalue weighted by molar-refractivity contribution is 7.91. The molecular formula is C22H30N4O5S. The van der Waals surface area contributed by atoms with Crippen molar-refractivity contribution in [2.75, 3.05) is 44.2 Å². The minimum atomic E-state index is -2.95. The number of amides is 4. The molecule has 1 aromatic carbocycles. The molecule has 0 radical (unpaired) electrons. The summed E-state index contributed by atoms with van der Waals surface area (Å²) in [5.41, 5.74) is 0.0538. The molecule has 10 heteroatoms. The third-order valence-electron chi connectivity index (χ3n) is 6.79. The predicted molar refractivity (Wildman–Crippen MR) is 119 cm³/mol. The Labute approximate surface area is 188 Å². The van der Waals surface area contributed by atoms with Crippen molar-refractivity contribution in [2.45, 2.75) is 37.8 Å². The molecule has 1 aromatic rings. The molecular weight excluding hydrogens is 432 g/mol. The van der Waals surface area contributed by atoms with E-state index in [1.54, 1.807) is 11.8 Å². The molecule has 0 unspecified atom stereocenters. The maximum absolute atomic E-state index is 13.0. The molecule has 1 N–H and O–H groups in total. The van der Waals surface area contributed by atoms with Crippen molar-refractivity contribution in [3.8, 4) is 0 Å². The summed E-state index contributed by atoms with van der Waals surface area (Å²) in [6.07, 6.45) is 1.74. The van der Waals surface area contributed by atoms with Gasteiger partial charge >= 0.3 is 6.03 Å². The van der Waals surface area contributed by atoms with Gasteiger partial charge in [0.2, 0.25) is 5.91 Å². The van der Waals surface area contributed by atoms with Crippen LogP contribution in [0.15, 0.2) is 30.3 Å². The van der Waals surface area contributed by atoms with Gasteiger partial charge in [-0.2, -0.15) is 0 Å². The Morgan fingerprint density at radius 2 is 1.81 bits per heavy atom. The molecule has 0 aliphatic carbocycles. The number of piperazine rings is 1. The van der Waals surface area contributed by atoms with E-state index < -0.39 is 21.4 Å². The fourth-order valence-corrected chi connectivity index (χ4v) is 6.50. The van der Waals surface area contributed by atoms with Crippen molar-refractivity contribution in [2.24, 2.45) is 0 Å². The van der Waals surface area contributed by atoms with Crippen LogP contribution in [0.4, 0.5) is 4.79 Å². The van der Waals surface area contributed by atoms with Crippen molar-refractivity contribution in [3.63, 3.8) is 0 Å². The summed E-state index contributed by atoms with van der Waals surface area (Å²) in [5.74, 6) is -0.224. The molecule has 3 aliphatic rings. The lowest BCUT2D eigenvalue weighted by Gasteiger charge is -2.38. The first-order chi connectivity index (χ1) is 15.2. The van der Waals surface area contributed by atoms with E-state index in [2.05, 4.69) is 10.2 Å². The van der Waals surface area contributed by atoms with Crippen LogP contribution in [0.3, 0.4) is 0 Å². The smallest absolute Gasteiger partial charge is 0.325 e. The average Bonchev–Trinajstić information content (AvgIpc) is 3.25. The lowest BCUT2D eigenvalue weighted by molar-refractivity contribution is -0.140. The van der Waals surface area contributed by atoms with Crippen LogP contribution in [-0.2, 0) is 25.8 Å². The van der Waals surface area contributed by atoms with Gasteiger partial charge in [0.1, 0.15) is 12.1 Å². The van der Waals surface area contributed by atoms with Crippen molar-refractivity contribution < 1.29 is 22.8 Å². The molecule has 9 nitrogen and oxygen atoms in total. The molecule has 0 saturated carbocycles. The second-order valence-corrected chi connectivity index (χ2v) is 11.3. The van der Waals surface area contributed by atoms with E-state index in [0.29, 0.717) is 45.4 Å². The van der Waals surface area contributed by atoms with Gasteiger partial charge in [-0.25, -0.2) is 13.2 Å². The van der Waals surface area contributed by atoms with Gasteiger partial charge in [0.25, 0.3) is 5.91 Å². The Kier molecular flexibility index (Phi) is 6.26. The average molecular weight is 463 g/mol. The maximum Gasteiger partial charge on any atom is 0.325 e. The zero-order valence-corrected chi connectivity index (χ0v) is 19.1. The number of hydrogen-bond acceptors (Lipinski definition) is 6. The number of aryl methyl sites for hydroxylation is 1. The van der Waals surface area contributed by atoms with Gasteiger partial charge in [0.05, 0.1) is 11.5 Å². The number of carbonyl (C=O) groups excluding carboxylic acids is 3. The molecule has 4 rings (SSSR count). The zero-order valence-electron chi connectivity index (χ0n) is 18.3. The van der Waals surface area contributed by atoms with Crippen LogP contribution in [-0.4, -0.2) is 96.8 Å². The van der Waals surface area contributed by atoms with Crippen LogP contribution < -0.4 is 5.32 Å². The number of hydrogen-bond donors (Lipinski definition) is 1. The molecule has 0 aromatic heterocycles. The van der Waals surface area contributed by atoms with E-state index in [1.807, 2.05) is 30.3 Å². The number of imide groups is 1. The first-order valence-corrected chi connectivity index (χ1v) is 12.9. The molecule has 4 amide bonds. The van der Waals surface area contributed by atoms with Crippen LogP contribution in [0.25, 0.3) is 0 Å². The normalized spacial score (nSPS) is 28.2. The van der Waals surface area contributed by atoms with Crippen molar-refractivity contribution in [1.29, 1.82) is 0 Å². The fraction of sp³-hybridized carbons (Fsp3) is 0.591. The summed E-state index contributed by atoms with van der Waals surface area (Å²) >= 11 is 0. The molecule has 174 valence electrons. The SMILES string of the molecule is C[C@]1(CCc2ccccc2)NC(=O)N(CC(=O)N2CCN([C@H]3CCS(=O)(=O)C3)CC2)C1=O. The van der Waals surface area contributed by atoms with Crippen molar-refractivity contribution in [1.82, 2.24) is 20.0 Å². The molecule has 3 fully saturated rings. The third kappa shape index (κ3) is 4.80. The van der Waals surface area contributed by atoms with Crippen LogP contribution in [0, 0.1) is 0 Å². The van der Waals surface area contributed by atoms with E-state index in [1.165, 1.54) is 0 Å². The lowest BCUT2D eigenvalue weighted by Crippen LogP contribution is -2.54. The minimum Gasteiger partial charge on any atom is -0.339 e. The topological polar surface area (TPSA) is 107 Å². The Morgan fingerprint density at radius 3 is 2.44 bits per heavy atom. The summed E-state index contributed by atoms with van der Waals surface area (Å²) in [7, 11) is -2.95. The van der Waals surface area contributed by atoms with Gasteiger partial charge in [-0.1, -0.05) is 30.3 Å². The highest BCUT2D eigenvalue weighted by Crippen LogP contribution is 2.24. The second-order valence-electron chi connectivity index (χ2n) is 9.11. The largest absolute Gasteiger partial charge is 0.339 e. The molecule has 3 aliphatic heterocycles. The molecule has 3 heterocycles. The fourth-order valence-electron chi connectivity index (χ4n) is 4.73. The van der Waals surface area contributed by atoms with Gasteiger partial charge in [-0.3, -0.25) is 19.4 Å². The number of nitrogens with one attached hydrogen (secondary N) is 1. The summed E-state index contributed by atoms with van der Waals surface area (Å²) in [6, 6.07) is 9.24. The quantitative estimate of drug-likeness (QED) is 0.608. The van der Waals surface area contributed by atoms with Crippen LogP contribution in [0.1, 0.15) is 25.3 Å². The molecule has 0 spiro atoms. The summed E-state index contributed by atoms with van der Waals surface area (Å²) < 4.78 is 23.4. The van der Waals surface area contributed by atoms with Crippen LogP contribution in [0.5, 0.6) is 0 Å². The van der Waals surface area contributed by atoms with Crippen molar-refractivity contribution in [3.05, 3.63) is 35.9 Å². The van der Waals surface area contributed by atoms with Gasteiger partial charge in [-0.15, -0.1) is 0 Å². The van der Waals surface area contributed by atoms with E-state index in [-0.39, 0.29) is 35.9 Å². The summed E-state index contributed by atoms with van der Waals surface area (Å²) in [6.45, 7) is 3.55. The number of benzene rings is 1. The summed E-state index contributed by atoms with van der Waals surface area (Å²) in [4.78, 5) is 43.0. The second kappa shape index (κ2) is 8.82. The molecule has 2 atom stereocenters. The third-order valence-corrected chi connectivity index (χ3v) is 8.54. The first kappa shape index (κ1) is 22.7. The monoisotopic (exact) mass is 462 g/mol. The van der Waals surface area contributed by atoms with Crippen LogP contribution >= 0.6 is 0 Å². The standard InChI is InChI=1S/C22H30N4O5S/c1-22(9-7-17-5-3-2-4-6-17)20(28)26(21(29)23-22)15-19(27)25-12-10-24(11-13-25)18-8-14-32(30,31)16-18/h2-6,18H,7-16H2,1H3,(H,23,29)/t18-,22+/m0/s1. The number of carbonyl (C=O) groups is 3.